The highest BCUT2D eigenvalue weighted by molar-refractivity contribution is 6.15. The van der Waals surface area contributed by atoms with Crippen LogP contribution in [0.25, 0.3) is 60.7 Å². The topological polar surface area (TPSA) is 21.9 Å². The molecule has 7 rings (SSSR count). The molecule has 0 saturated heterocycles. The fourth-order valence-corrected chi connectivity index (χ4v) is 5.43. The average Bonchev–Trinajstić information content (AvgIpc) is 3.41. The van der Waals surface area contributed by atoms with Gasteiger partial charge in [0.25, 0.3) is 5.69 Å². The van der Waals surface area contributed by atoms with E-state index in [2.05, 4.69) is 126 Å². The molecule has 0 spiro atoms. The normalized spacial score (nSPS) is 11.8. The molecule has 162 valence electrons. The number of hydrogen-bond acceptors (Lipinski definition) is 1. The van der Waals surface area contributed by atoms with Crippen LogP contribution in [0.3, 0.4) is 0 Å². The second-order valence-corrected chi connectivity index (χ2v) is 8.96. The Balaban J connectivity index is 1.64. The molecule has 3 aromatic heterocycles. The molecule has 0 fully saturated rings. The largest absolute Gasteiger partial charge is 0.449 e. The SMILES string of the molecule is Cc1ccccc1-c1c2oc3cccc(-n4c5ccccc5c5ccccc54)c3c2cc[n+]1C. The third-order valence-corrected chi connectivity index (χ3v) is 6.98. The molecule has 7 aromatic rings. The summed E-state index contributed by atoms with van der Waals surface area (Å²) in [7, 11) is 2.09. The number of para-hydroxylation sites is 2. The number of rotatable bonds is 2. The molecule has 3 nitrogen and oxygen atoms in total. The van der Waals surface area contributed by atoms with Crippen molar-refractivity contribution in [3.63, 3.8) is 0 Å². The van der Waals surface area contributed by atoms with Gasteiger partial charge in [-0.05, 0) is 42.8 Å². The van der Waals surface area contributed by atoms with Gasteiger partial charge in [-0.25, -0.2) is 0 Å². The summed E-state index contributed by atoms with van der Waals surface area (Å²) in [4.78, 5) is 0. The molecule has 0 radical (unpaired) electrons. The summed E-state index contributed by atoms with van der Waals surface area (Å²) in [5.74, 6) is 0. The zero-order chi connectivity index (χ0) is 22.8. The van der Waals surface area contributed by atoms with Crippen LogP contribution in [0.1, 0.15) is 5.56 Å². The third-order valence-electron chi connectivity index (χ3n) is 6.98. The maximum atomic E-state index is 6.60. The molecule has 4 aromatic carbocycles. The molecule has 0 aliphatic heterocycles. The van der Waals surface area contributed by atoms with E-state index in [1.807, 2.05) is 0 Å². The lowest BCUT2D eigenvalue weighted by Gasteiger charge is -2.09. The molecule has 0 N–H and O–H groups in total. The summed E-state index contributed by atoms with van der Waals surface area (Å²) >= 11 is 0. The zero-order valence-corrected chi connectivity index (χ0v) is 19.1. The van der Waals surface area contributed by atoms with Crippen molar-refractivity contribution < 1.29 is 8.98 Å². The van der Waals surface area contributed by atoms with Crippen LogP contribution in [-0.2, 0) is 7.05 Å². The van der Waals surface area contributed by atoms with Gasteiger partial charge >= 0.3 is 0 Å². The number of aryl methyl sites for hydroxylation is 2. The summed E-state index contributed by atoms with van der Waals surface area (Å²) in [6, 6.07) is 34.3. The van der Waals surface area contributed by atoms with Crippen LogP contribution in [0.15, 0.2) is 108 Å². The fourth-order valence-electron chi connectivity index (χ4n) is 5.43. The molecule has 3 heteroatoms. The highest BCUT2D eigenvalue weighted by atomic mass is 16.3. The smallest absolute Gasteiger partial charge is 0.256 e. The minimum absolute atomic E-state index is 0.899. The molecule has 0 aliphatic carbocycles. The van der Waals surface area contributed by atoms with Crippen molar-refractivity contribution in [3.05, 3.63) is 109 Å². The number of hydrogen-bond donors (Lipinski definition) is 0. The van der Waals surface area contributed by atoms with E-state index in [0.29, 0.717) is 0 Å². The summed E-state index contributed by atoms with van der Waals surface area (Å²) in [5, 5.41) is 4.79. The lowest BCUT2D eigenvalue weighted by molar-refractivity contribution is -0.659. The maximum absolute atomic E-state index is 6.60. The molecule has 0 saturated carbocycles. The van der Waals surface area contributed by atoms with E-state index >= 15 is 0 Å². The number of pyridine rings is 1. The van der Waals surface area contributed by atoms with Gasteiger partial charge in [0, 0.05) is 22.2 Å². The summed E-state index contributed by atoms with van der Waals surface area (Å²) in [6.45, 7) is 2.15. The van der Waals surface area contributed by atoms with Crippen LogP contribution in [0.4, 0.5) is 0 Å². The van der Waals surface area contributed by atoms with Gasteiger partial charge in [0.2, 0.25) is 5.58 Å². The Morgan fingerprint density at radius 2 is 1.35 bits per heavy atom. The van der Waals surface area contributed by atoms with Crippen LogP contribution in [0.2, 0.25) is 0 Å². The first-order chi connectivity index (χ1) is 16.7. The van der Waals surface area contributed by atoms with Crippen molar-refractivity contribution in [1.29, 1.82) is 0 Å². The van der Waals surface area contributed by atoms with E-state index in [4.69, 9.17) is 4.42 Å². The van der Waals surface area contributed by atoms with Gasteiger partial charge in [-0.1, -0.05) is 60.7 Å². The molecule has 0 atom stereocenters. The lowest BCUT2D eigenvalue weighted by atomic mass is 10.0. The molecule has 3 heterocycles. The first-order valence-corrected chi connectivity index (χ1v) is 11.6. The lowest BCUT2D eigenvalue weighted by Crippen LogP contribution is -2.30. The minimum Gasteiger partial charge on any atom is -0.449 e. The number of furan rings is 1. The Labute approximate surface area is 197 Å². The summed E-state index contributed by atoms with van der Waals surface area (Å²) < 4.78 is 11.1. The van der Waals surface area contributed by atoms with E-state index < -0.39 is 0 Å². The van der Waals surface area contributed by atoms with Gasteiger partial charge < -0.3 is 8.98 Å². The maximum Gasteiger partial charge on any atom is 0.256 e. The highest BCUT2D eigenvalue weighted by Gasteiger charge is 2.24. The van der Waals surface area contributed by atoms with Gasteiger partial charge in [-0.3, -0.25) is 0 Å². The quantitative estimate of drug-likeness (QED) is 0.256. The molecule has 34 heavy (non-hydrogen) atoms. The second-order valence-electron chi connectivity index (χ2n) is 8.96. The zero-order valence-electron chi connectivity index (χ0n) is 19.1. The average molecular weight is 440 g/mol. The number of fused-ring (bicyclic) bond motifs is 6. The van der Waals surface area contributed by atoms with Crippen molar-refractivity contribution in [3.8, 4) is 16.9 Å². The highest BCUT2D eigenvalue weighted by Crippen LogP contribution is 2.40. The van der Waals surface area contributed by atoms with Gasteiger partial charge in [-0.2, -0.15) is 4.57 Å². The molecule has 0 amide bonds. The van der Waals surface area contributed by atoms with Crippen LogP contribution in [0, 0.1) is 6.92 Å². The van der Waals surface area contributed by atoms with Gasteiger partial charge in [0.05, 0.1) is 27.7 Å². The second kappa shape index (κ2) is 7.06. The van der Waals surface area contributed by atoms with Gasteiger partial charge in [0.15, 0.2) is 6.20 Å². The first-order valence-electron chi connectivity index (χ1n) is 11.6. The first kappa shape index (κ1) is 19.1. The van der Waals surface area contributed by atoms with Crippen molar-refractivity contribution in [2.45, 2.75) is 6.92 Å². The number of aromatic nitrogens is 2. The predicted octanol–water partition coefficient (Wildman–Crippen LogP) is 7.48. The summed E-state index contributed by atoms with van der Waals surface area (Å²) in [6.07, 6.45) is 2.14. The predicted molar refractivity (Wildman–Crippen MR) is 139 cm³/mol. The fraction of sp³-hybridized carbons (Fsp3) is 0.0645. The van der Waals surface area contributed by atoms with Crippen molar-refractivity contribution >= 4 is 43.7 Å². The van der Waals surface area contributed by atoms with Gasteiger partial charge in [0.1, 0.15) is 12.6 Å². The van der Waals surface area contributed by atoms with Crippen LogP contribution in [-0.4, -0.2) is 4.57 Å². The Morgan fingerprint density at radius 3 is 2.09 bits per heavy atom. The molecule has 0 unspecified atom stereocenters. The van der Waals surface area contributed by atoms with E-state index in [1.165, 1.54) is 32.9 Å². The van der Waals surface area contributed by atoms with E-state index in [1.54, 1.807) is 0 Å². The van der Waals surface area contributed by atoms with Crippen LogP contribution < -0.4 is 4.57 Å². The Hall–Kier alpha value is -4.37. The third kappa shape index (κ3) is 2.55. The number of nitrogens with zero attached hydrogens (tertiary/aromatic N) is 2. The minimum atomic E-state index is 0.899. The number of benzene rings is 4. The molecule has 0 aliphatic rings. The van der Waals surface area contributed by atoms with Crippen LogP contribution >= 0.6 is 0 Å². The van der Waals surface area contributed by atoms with Crippen molar-refractivity contribution in [2.24, 2.45) is 7.05 Å². The van der Waals surface area contributed by atoms with Crippen molar-refractivity contribution in [1.82, 2.24) is 4.57 Å². The Kier molecular flexibility index (Phi) is 3.97. The standard InChI is InChI=1S/C31H23N2O/c1-20-10-3-4-11-21(20)30-31-24(18-19-32(30)2)29-27(16-9-17-28(29)34-31)33-25-14-7-5-12-22(25)23-13-6-8-15-26(23)33/h3-19H,1-2H3/q+1. The van der Waals surface area contributed by atoms with E-state index in [0.717, 1.165) is 33.3 Å². The van der Waals surface area contributed by atoms with Gasteiger partial charge in [-0.15, -0.1) is 0 Å². The van der Waals surface area contributed by atoms with E-state index in [-0.39, 0.29) is 0 Å². The summed E-state index contributed by atoms with van der Waals surface area (Å²) in [5.41, 5.74) is 8.87. The molecular weight excluding hydrogens is 416 g/mol. The monoisotopic (exact) mass is 439 g/mol. The Bertz CT molecular complexity index is 1830. The van der Waals surface area contributed by atoms with Crippen LogP contribution in [0.5, 0.6) is 0 Å². The molecular formula is C31H23N2O+. The van der Waals surface area contributed by atoms with Crippen molar-refractivity contribution in [2.75, 3.05) is 0 Å². The van der Waals surface area contributed by atoms with E-state index in [9.17, 15) is 0 Å². The Morgan fingerprint density at radius 1 is 0.676 bits per heavy atom. The molecule has 0 bridgehead atoms.